The largest absolute Gasteiger partial charge is 0.319 e. The monoisotopic (exact) mass is 227 g/mol. The third-order valence-corrected chi connectivity index (χ3v) is 2.47. The average Bonchev–Trinajstić information content (AvgIpc) is 2.63. The van der Waals surface area contributed by atoms with Gasteiger partial charge in [0, 0.05) is 25.3 Å². The van der Waals surface area contributed by atoms with Crippen LogP contribution in [0.25, 0.3) is 0 Å². The van der Waals surface area contributed by atoms with Crippen LogP contribution in [-0.4, -0.2) is 30.3 Å². The molecule has 0 bridgehead atoms. The van der Waals surface area contributed by atoms with E-state index in [1.54, 1.807) is 12.4 Å². The molecule has 6 heteroatoms. The molecule has 0 saturated carbocycles. The van der Waals surface area contributed by atoms with Gasteiger partial charge in [-0.1, -0.05) is 0 Å². The van der Waals surface area contributed by atoms with E-state index in [1.165, 1.54) is 18.3 Å². The summed E-state index contributed by atoms with van der Waals surface area (Å²) in [6.07, 6.45) is 0.394. The smallest absolute Gasteiger partial charge is 0.227 e. The van der Waals surface area contributed by atoms with Gasteiger partial charge in [-0.15, -0.1) is 11.3 Å². The van der Waals surface area contributed by atoms with Gasteiger partial charge in [-0.2, -0.15) is 0 Å². The summed E-state index contributed by atoms with van der Waals surface area (Å²) in [6.45, 7) is 2.07. The number of hydrogen-bond donors (Lipinski definition) is 2. The molecule has 0 atom stereocenters. The maximum absolute atomic E-state index is 11.3. The quantitative estimate of drug-likeness (QED) is 0.733. The van der Waals surface area contributed by atoms with Crippen molar-refractivity contribution in [3.63, 3.8) is 0 Å². The molecular weight excluding hydrogens is 214 g/mol. The highest BCUT2D eigenvalue weighted by Gasteiger charge is 2.08. The van der Waals surface area contributed by atoms with Gasteiger partial charge in [0.1, 0.15) is 5.69 Å². The Morgan fingerprint density at radius 2 is 2.27 bits per heavy atom. The number of carbonyl (C=O) groups is 2. The number of nitrogens with one attached hydrogen (secondary N) is 2. The Morgan fingerprint density at radius 3 is 2.80 bits per heavy atom. The third-order valence-electron chi connectivity index (χ3n) is 1.71. The number of carbonyl (C=O) groups excluding carboxylic acids is 2. The Balaban J connectivity index is 2.50. The first-order valence-corrected chi connectivity index (χ1v) is 5.42. The van der Waals surface area contributed by atoms with Crippen molar-refractivity contribution in [3.05, 3.63) is 11.1 Å². The van der Waals surface area contributed by atoms with Gasteiger partial charge in [-0.25, -0.2) is 4.98 Å². The Bertz CT molecular complexity index is 362. The van der Waals surface area contributed by atoms with Crippen LogP contribution < -0.4 is 10.6 Å². The van der Waals surface area contributed by atoms with Gasteiger partial charge < -0.3 is 10.6 Å². The van der Waals surface area contributed by atoms with Crippen LogP contribution in [0, 0.1) is 0 Å². The van der Waals surface area contributed by atoms with E-state index in [0.29, 0.717) is 23.8 Å². The summed E-state index contributed by atoms with van der Waals surface area (Å²) in [5.74, 6) is -0.198. The molecule has 0 spiro atoms. The molecule has 0 aliphatic rings. The molecule has 0 saturated heterocycles. The summed E-state index contributed by atoms with van der Waals surface area (Å²) in [5.41, 5.74) is 0.393. The topological polar surface area (TPSA) is 71.1 Å². The molecule has 0 unspecified atom stereocenters. The molecule has 0 radical (unpaired) electrons. The fourth-order valence-corrected chi connectivity index (χ4v) is 1.68. The first kappa shape index (κ1) is 11.8. The number of anilines is 1. The predicted octanol–water partition coefficient (Wildman–Crippen LogP) is 0.894. The van der Waals surface area contributed by atoms with Crippen LogP contribution in [0.1, 0.15) is 23.8 Å². The summed E-state index contributed by atoms with van der Waals surface area (Å²) in [5, 5.41) is 7.61. The molecule has 5 nitrogen and oxygen atoms in total. The molecule has 0 aromatic carbocycles. The number of thiazole rings is 1. The molecule has 1 aromatic rings. The minimum Gasteiger partial charge on any atom is -0.319 e. The standard InChI is InChI=1S/C9H13N3O2S/c1-6(13)7-5-15-9(11-7)12-8(14)3-4-10-2/h5,10H,3-4H2,1-2H3,(H,11,12,14). The second-order valence-corrected chi connectivity index (χ2v) is 3.85. The Hall–Kier alpha value is -1.27. The predicted molar refractivity (Wildman–Crippen MR) is 59.3 cm³/mol. The highest BCUT2D eigenvalue weighted by Crippen LogP contribution is 2.15. The summed E-state index contributed by atoms with van der Waals surface area (Å²) < 4.78 is 0. The molecular formula is C9H13N3O2S. The summed E-state index contributed by atoms with van der Waals surface area (Å²) >= 11 is 1.26. The number of amides is 1. The van der Waals surface area contributed by atoms with Crippen LogP contribution in [0.5, 0.6) is 0 Å². The summed E-state index contributed by atoms with van der Waals surface area (Å²) in [6, 6.07) is 0. The molecule has 1 rings (SSSR count). The van der Waals surface area contributed by atoms with Crippen LogP contribution in [0.2, 0.25) is 0 Å². The molecule has 0 aliphatic heterocycles. The molecule has 2 N–H and O–H groups in total. The fraction of sp³-hybridized carbons (Fsp3) is 0.444. The minimum atomic E-state index is -0.103. The second kappa shape index (κ2) is 5.57. The Morgan fingerprint density at radius 1 is 1.53 bits per heavy atom. The molecule has 0 fully saturated rings. The van der Waals surface area contributed by atoms with Crippen LogP contribution >= 0.6 is 11.3 Å². The SMILES string of the molecule is CNCCC(=O)Nc1nc(C(C)=O)cs1. The van der Waals surface area contributed by atoms with E-state index in [4.69, 9.17) is 0 Å². The Labute approximate surface area is 91.9 Å². The zero-order chi connectivity index (χ0) is 11.3. The van der Waals surface area contributed by atoms with Crippen molar-refractivity contribution in [1.29, 1.82) is 0 Å². The van der Waals surface area contributed by atoms with E-state index in [2.05, 4.69) is 15.6 Å². The van der Waals surface area contributed by atoms with Crippen molar-refractivity contribution >= 4 is 28.2 Å². The average molecular weight is 227 g/mol. The normalized spacial score (nSPS) is 10.0. The van der Waals surface area contributed by atoms with Crippen LogP contribution in [0.15, 0.2) is 5.38 Å². The maximum Gasteiger partial charge on any atom is 0.227 e. The first-order chi connectivity index (χ1) is 7.13. The van der Waals surface area contributed by atoms with E-state index in [1.807, 2.05) is 0 Å². The van der Waals surface area contributed by atoms with Gasteiger partial charge in [0.2, 0.25) is 5.91 Å². The van der Waals surface area contributed by atoms with Crippen molar-refractivity contribution < 1.29 is 9.59 Å². The highest BCUT2D eigenvalue weighted by atomic mass is 32.1. The van der Waals surface area contributed by atoms with Gasteiger partial charge >= 0.3 is 0 Å². The molecule has 15 heavy (non-hydrogen) atoms. The van der Waals surface area contributed by atoms with Gasteiger partial charge in [0.25, 0.3) is 0 Å². The first-order valence-electron chi connectivity index (χ1n) is 4.54. The number of hydrogen-bond acceptors (Lipinski definition) is 5. The van der Waals surface area contributed by atoms with Crippen LogP contribution in [0.3, 0.4) is 0 Å². The molecule has 82 valence electrons. The van der Waals surface area contributed by atoms with Crippen molar-refractivity contribution in [1.82, 2.24) is 10.3 Å². The van der Waals surface area contributed by atoms with E-state index in [0.717, 1.165) is 0 Å². The lowest BCUT2D eigenvalue weighted by Gasteiger charge is -1.99. The van der Waals surface area contributed by atoms with Crippen molar-refractivity contribution in [3.8, 4) is 0 Å². The van der Waals surface area contributed by atoms with E-state index in [9.17, 15) is 9.59 Å². The van der Waals surface area contributed by atoms with Gasteiger partial charge in [0.05, 0.1) is 0 Å². The summed E-state index contributed by atoms with van der Waals surface area (Å²) in [4.78, 5) is 26.2. The van der Waals surface area contributed by atoms with E-state index < -0.39 is 0 Å². The third kappa shape index (κ3) is 3.77. The van der Waals surface area contributed by atoms with Gasteiger partial charge in [-0.05, 0) is 7.05 Å². The lowest BCUT2D eigenvalue weighted by Crippen LogP contribution is -2.18. The number of aromatic nitrogens is 1. The zero-order valence-corrected chi connectivity index (χ0v) is 9.48. The molecule has 1 amide bonds. The fourth-order valence-electron chi connectivity index (χ4n) is 0.913. The Kier molecular flexibility index (Phi) is 4.38. The summed E-state index contributed by atoms with van der Waals surface area (Å²) in [7, 11) is 1.78. The lowest BCUT2D eigenvalue weighted by molar-refractivity contribution is -0.116. The van der Waals surface area contributed by atoms with Crippen LogP contribution in [-0.2, 0) is 4.79 Å². The maximum atomic E-state index is 11.3. The van der Waals surface area contributed by atoms with Gasteiger partial charge in [0.15, 0.2) is 10.9 Å². The van der Waals surface area contributed by atoms with Crippen molar-refractivity contribution in [2.75, 3.05) is 18.9 Å². The lowest BCUT2D eigenvalue weighted by atomic mass is 10.4. The zero-order valence-electron chi connectivity index (χ0n) is 8.66. The molecule has 1 aromatic heterocycles. The van der Waals surface area contributed by atoms with Gasteiger partial charge in [-0.3, -0.25) is 9.59 Å². The second-order valence-electron chi connectivity index (χ2n) is 3.00. The number of rotatable bonds is 5. The van der Waals surface area contributed by atoms with Crippen LogP contribution in [0.4, 0.5) is 5.13 Å². The van der Waals surface area contributed by atoms with E-state index >= 15 is 0 Å². The highest BCUT2D eigenvalue weighted by molar-refractivity contribution is 7.14. The van der Waals surface area contributed by atoms with Crippen molar-refractivity contribution in [2.24, 2.45) is 0 Å². The van der Waals surface area contributed by atoms with Crippen molar-refractivity contribution in [2.45, 2.75) is 13.3 Å². The number of nitrogens with zero attached hydrogens (tertiary/aromatic N) is 1. The molecule has 0 aliphatic carbocycles. The number of Topliss-reactive ketones (excluding diaryl/α,β-unsaturated/α-hetero) is 1. The molecule has 1 heterocycles. The van der Waals surface area contributed by atoms with E-state index in [-0.39, 0.29) is 11.7 Å². The number of ketones is 1. The minimum absolute atomic E-state index is 0.0954.